The number of methoxy groups -OCH3 is 1. The number of anilines is 1. The molecule has 0 radical (unpaired) electrons. The number of aryl methyl sites for hydroxylation is 1. The molecule has 0 aliphatic carbocycles. The molecule has 8 heteroatoms. The van der Waals surface area contributed by atoms with Crippen LogP contribution in [0.5, 0.6) is 11.5 Å². The lowest BCUT2D eigenvalue weighted by Crippen LogP contribution is -2.20. The van der Waals surface area contributed by atoms with Crippen LogP contribution < -0.4 is 20.2 Å². The maximum atomic E-state index is 12.1. The lowest BCUT2D eigenvalue weighted by molar-refractivity contribution is -0.118. The molecule has 7 nitrogen and oxygen atoms in total. The molecule has 32 heavy (non-hydrogen) atoms. The number of benzene rings is 3. The second-order valence-electron chi connectivity index (χ2n) is 6.82. The summed E-state index contributed by atoms with van der Waals surface area (Å²) < 4.78 is 10.9. The topological polar surface area (TPSA) is 89.0 Å². The lowest BCUT2D eigenvalue weighted by atomic mass is 10.1. The van der Waals surface area contributed by atoms with Gasteiger partial charge < -0.3 is 14.8 Å². The smallest absolute Gasteiger partial charge is 0.271 e. The van der Waals surface area contributed by atoms with E-state index in [2.05, 4.69) is 15.8 Å². The molecule has 3 aromatic rings. The van der Waals surface area contributed by atoms with Crippen molar-refractivity contribution in [3.63, 3.8) is 0 Å². The van der Waals surface area contributed by atoms with Gasteiger partial charge in [-0.2, -0.15) is 5.10 Å². The van der Waals surface area contributed by atoms with E-state index >= 15 is 0 Å². The number of amides is 2. The molecule has 0 fully saturated rings. The van der Waals surface area contributed by atoms with Crippen molar-refractivity contribution >= 4 is 35.3 Å². The number of nitrogens with zero attached hydrogens (tertiary/aromatic N) is 1. The molecule has 0 saturated heterocycles. The molecule has 164 valence electrons. The highest BCUT2D eigenvalue weighted by molar-refractivity contribution is 6.30. The average Bonchev–Trinajstić information content (AvgIpc) is 2.80. The van der Waals surface area contributed by atoms with Gasteiger partial charge in [0.15, 0.2) is 18.1 Å². The van der Waals surface area contributed by atoms with Gasteiger partial charge in [0.05, 0.1) is 13.3 Å². The first-order chi connectivity index (χ1) is 15.4. The van der Waals surface area contributed by atoms with Crippen LogP contribution in [0, 0.1) is 6.92 Å². The highest BCUT2D eigenvalue weighted by atomic mass is 35.5. The summed E-state index contributed by atoms with van der Waals surface area (Å²) in [6.45, 7) is 1.76. The summed E-state index contributed by atoms with van der Waals surface area (Å²) in [5, 5.41) is 7.28. The number of hydrogen-bond acceptors (Lipinski definition) is 5. The van der Waals surface area contributed by atoms with Crippen LogP contribution in [0.1, 0.15) is 21.5 Å². The predicted octanol–water partition coefficient (Wildman–Crippen LogP) is 4.44. The van der Waals surface area contributed by atoms with Crippen molar-refractivity contribution in [2.45, 2.75) is 6.92 Å². The van der Waals surface area contributed by atoms with Gasteiger partial charge in [-0.1, -0.05) is 29.3 Å². The molecule has 0 saturated carbocycles. The minimum atomic E-state index is -0.321. The van der Waals surface area contributed by atoms with Gasteiger partial charge in [-0.25, -0.2) is 5.43 Å². The number of carbonyl (C=O) groups excluding carboxylic acids is 2. The average molecular weight is 452 g/mol. The molecule has 0 bridgehead atoms. The number of rotatable bonds is 8. The Bertz CT molecular complexity index is 1110. The predicted molar refractivity (Wildman–Crippen MR) is 125 cm³/mol. The molecule has 3 rings (SSSR count). The van der Waals surface area contributed by atoms with E-state index in [0.717, 1.165) is 5.56 Å². The summed E-state index contributed by atoms with van der Waals surface area (Å²) in [6.07, 6.45) is 1.49. The third-order valence-corrected chi connectivity index (χ3v) is 4.62. The Morgan fingerprint density at radius 3 is 2.41 bits per heavy atom. The minimum absolute atomic E-state index is 0.195. The van der Waals surface area contributed by atoms with Crippen molar-refractivity contribution in [1.82, 2.24) is 5.43 Å². The SMILES string of the molecule is COc1cc(/C=N/NC(=O)c2ccc(C)cc2)ccc1OCC(=O)Nc1ccc(Cl)cc1. The van der Waals surface area contributed by atoms with Crippen LogP contribution in [0.4, 0.5) is 5.69 Å². The van der Waals surface area contributed by atoms with E-state index in [1.165, 1.54) is 13.3 Å². The van der Waals surface area contributed by atoms with E-state index in [-0.39, 0.29) is 18.4 Å². The van der Waals surface area contributed by atoms with Crippen molar-refractivity contribution in [3.8, 4) is 11.5 Å². The molecular weight excluding hydrogens is 430 g/mol. The van der Waals surface area contributed by atoms with Crippen LogP contribution in [0.3, 0.4) is 0 Å². The maximum absolute atomic E-state index is 12.1. The van der Waals surface area contributed by atoms with Crippen LogP contribution >= 0.6 is 11.6 Å². The quantitative estimate of drug-likeness (QED) is 0.391. The number of ether oxygens (including phenoxy) is 2. The monoisotopic (exact) mass is 451 g/mol. The molecule has 2 N–H and O–H groups in total. The van der Waals surface area contributed by atoms with Crippen LogP contribution in [0.15, 0.2) is 71.8 Å². The fraction of sp³-hybridized carbons (Fsp3) is 0.125. The first kappa shape index (κ1) is 22.8. The summed E-state index contributed by atoms with van der Waals surface area (Å²) in [5.74, 6) is 0.205. The minimum Gasteiger partial charge on any atom is -0.493 e. The second kappa shape index (κ2) is 11.0. The van der Waals surface area contributed by atoms with Gasteiger partial charge in [0, 0.05) is 16.3 Å². The molecular formula is C24H22ClN3O4. The van der Waals surface area contributed by atoms with E-state index in [9.17, 15) is 9.59 Å². The highest BCUT2D eigenvalue weighted by Gasteiger charge is 2.09. The van der Waals surface area contributed by atoms with Crippen molar-refractivity contribution in [2.75, 3.05) is 19.0 Å². The highest BCUT2D eigenvalue weighted by Crippen LogP contribution is 2.27. The molecule has 0 aliphatic rings. The Hall–Kier alpha value is -3.84. The van der Waals surface area contributed by atoms with Gasteiger partial charge in [-0.05, 0) is 67.1 Å². The van der Waals surface area contributed by atoms with Crippen molar-refractivity contribution < 1.29 is 19.1 Å². The third kappa shape index (κ3) is 6.58. The molecule has 0 spiro atoms. The van der Waals surface area contributed by atoms with Crippen LogP contribution in [0.2, 0.25) is 5.02 Å². The van der Waals surface area contributed by atoms with Gasteiger partial charge in [0.1, 0.15) is 0 Å². The van der Waals surface area contributed by atoms with Crippen molar-refractivity contribution in [1.29, 1.82) is 0 Å². The maximum Gasteiger partial charge on any atom is 0.271 e. The van der Waals surface area contributed by atoms with E-state index < -0.39 is 0 Å². The Kier molecular flexibility index (Phi) is 7.83. The summed E-state index contributed by atoms with van der Waals surface area (Å²) in [7, 11) is 1.50. The van der Waals surface area contributed by atoms with Gasteiger partial charge in [0.25, 0.3) is 11.8 Å². The fourth-order valence-electron chi connectivity index (χ4n) is 2.69. The molecule has 0 heterocycles. The number of hydrogen-bond donors (Lipinski definition) is 2. The first-order valence-corrected chi connectivity index (χ1v) is 10.1. The van der Waals surface area contributed by atoms with Gasteiger partial charge >= 0.3 is 0 Å². The number of hydrazone groups is 1. The lowest BCUT2D eigenvalue weighted by Gasteiger charge is -2.11. The van der Waals surface area contributed by atoms with E-state index in [4.69, 9.17) is 21.1 Å². The fourth-order valence-corrected chi connectivity index (χ4v) is 2.82. The molecule has 0 unspecified atom stereocenters. The second-order valence-corrected chi connectivity index (χ2v) is 7.26. The summed E-state index contributed by atoms with van der Waals surface area (Å²) in [6, 6.07) is 19.0. The molecule has 3 aromatic carbocycles. The van der Waals surface area contributed by atoms with E-state index in [0.29, 0.717) is 33.3 Å². The van der Waals surface area contributed by atoms with Gasteiger partial charge in [0.2, 0.25) is 0 Å². The first-order valence-electron chi connectivity index (χ1n) is 9.71. The Labute approximate surface area is 191 Å². The molecule has 0 atom stereocenters. The van der Waals surface area contributed by atoms with Gasteiger partial charge in [-0.15, -0.1) is 0 Å². The Balaban J connectivity index is 1.55. The molecule has 0 aromatic heterocycles. The number of nitrogens with one attached hydrogen (secondary N) is 2. The normalized spacial score (nSPS) is 10.6. The van der Waals surface area contributed by atoms with E-state index in [1.807, 2.05) is 19.1 Å². The number of carbonyl (C=O) groups is 2. The zero-order chi connectivity index (χ0) is 22.9. The van der Waals surface area contributed by atoms with Crippen LogP contribution in [-0.2, 0) is 4.79 Å². The largest absolute Gasteiger partial charge is 0.493 e. The van der Waals surface area contributed by atoms with Crippen molar-refractivity contribution in [2.24, 2.45) is 5.10 Å². The van der Waals surface area contributed by atoms with Gasteiger partial charge in [-0.3, -0.25) is 9.59 Å². The summed E-state index contributed by atoms with van der Waals surface area (Å²) >= 11 is 5.83. The standard InChI is InChI=1S/C24H22ClN3O4/c1-16-3-6-18(7-4-16)24(30)28-26-14-17-5-12-21(22(13-17)31-2)32-15-23(29)27-20-10-8-19(25)9-11-20/h3-14H,15H2,1-2H3,(H,27,29)(H,28,30)/b26-14+. The zero-order valence-corrected chi connectivity index (χ0v) is 18.3. The Morgan fingerprint density at radius 1 is 1.00 bits per heavy atom. The van der Waals surface area contributed by atoms with Crippen LogP contribution in [0.25, 0.3) is 0 Å². The van der Waals surface area contributed by atoms with Crippen LogP contribution in [-0.4, -0.2) is 31.7 Å². The Morgan fingerprint density at radius 2 is 1.72 bits per heavy atom. The third-order valence-electron chi connectivity index (χ3n) is 4.37. The summed E-state index contributed by atoms with van der Waals surface area (Å²) in [4.78, 5) is 24.2. The molecule has 0 aliphatic heterocycles. The molecule has 2 amide bonds. The van der Waals surface area contributed by atoms with Crippen molar-refractivity contribution in [3.05, 3.63) is 88.4 Å². The zero-order valence-electron chi connectivity index (χ0n) is 17.6. The summed E-state index contributed by atoms with van der Waals surface area (Å²) in [5.41, 5.74) is 5.38. The van der Waals surface area contributed by atoms with E-state index in [1.54, 1.807) is 54.6 Å². The number of halogens is 1.